The molecule has 0 unspecified atom stereocenters. The van der Waals surface area contributed by atoms with E-state index in [1.54, 1.807) is 36.4 Å². The fraction of sp³-hybridized carbons (Fsp3) is 0. The normalized spacial score (nSPS) is 11.5. The van der Waals surface area contributed by atoms with E-state index in [1.807, 2.05) is 0 Å². The second kappa shape index (κ2) is 6.74. The highest BCUT2D eigenvalue weighted by Crippen LogP contribution is 2.15. The molecule has 0 aliphatic carbocycles. The Bertz CT molecular complexity index is 832. The van der Waals surface area contributed by atoms with Crippen molar-refractivity contribution in [2.24, 2.45) is 5.14 Å². The zero-order valence-corrected chi connectivity index (χ0v) is 12.9. The third kappa shape index (κ3) is 4.70. The van der Waals surface area contributed by atoms with Gasteiger partial charge in [0.2, 0.25) is 15.9 Å². The predicted molar refractivity (Wildman–Crippen MR) is 86.9 cm³/mol. The first-order chi connectivity index (χ1) is 10.3. The standard InChI is InChI=1S/C15H13ClN2O3S/c16-12-4-1-3-11(9-12)7-8-15(19)18-13-5-2-6-14(10-13)22(17,20)21/h1-10H,(H,18,19)(H2,17,20,21). The van der Waals surface area contributed by atoms with Gasteiger partial charge in [0.15, 0.2) is 0 Å². The minimum Gasteiger partial charge on any atom is -0.322 e. The highest BCUT2D eigenvalue weighted by atomic mass is 35.5. The fourth-order valence-electron chi connectivity index (χ4n) is 1.72. The van der Waals surface area contributed by atoms with Crippen molar-refractivity contribution < 1.29 is 13.2 Å². The van der Waals surface area contributed by atoms with Crippen LogP contribution in [0.4, 0.5) is 5.69 Å². The van der Waals surface area contributed by atoms with Gasteiger partial charge in [-0.25, -0.2) is 13.6 Å². The summed E-state index contributed by atoms with van der Waals surface area (Å²) in [5.74, 6) is -0.397. The van der Waals surface area contributed by atoms with Gasteiger partial charge in [0.1, 0.15) is 0 Å². The van der Waals surface area contributed by atoms with Crippen molar-refractivity contribution in [3.05, 3.63) is 65.2 Å². The fourth-order valence-corrected chi connectivity index (χ4v) is 2.48. The lowest BCUT2D eigenvalue weighted by molar-refractivity contribution is -0.111. The summed E-state index contributed by atoms with van der Waals surface area (Å²) in [6.07, 6.45) is 2.93. The smallest absolute Gasteiger partial charge is 0.248 e. The molecule has 0 bridgehead atoms. The molecule has 0 heterocycles. The summed E-state index contributed by atoms with van der Waals surface area (Å²) in [5, 5.41) is 8.17. The van der Waals surface area contributed by atoms with Crippen LogP contribution < -0.4 is 10.5 Å². The van der Waals surface area contributed by atoms with Gasteiger partial charge in [0, 0.05) is 16.8 Å². The van der Waals surface area contributed by atoms with Crippen LogP contribution in [0.3, 0.4) is 0 Å². The van der Waals surface area contributed by atoms with E-state index in [9.17, 15) is 13.2 Å². The number of carbonyl (C=O) groups is 1. The first kappa shape index (κ1) is 16.2. The molecule has 0 saturated carbocycles. The second-order valence-corrected chi connectivity index (χ2v) is 6.45. The van der Waals surface area contributed by atoms with Gasteiger partial charge in [-0.05, 0) is 42.0 Å². The minimum absolute atomic E-state index is 0.0656. The van der Waals surface area contributed by atoms with Gasteiger partial charge in [0.05, 0.1) is 4.90 Å². The molecule has 0 atom stereocenters. The van der Waals surface area contributed by atoms with E-state index >= 15 is 0 Å². The van der Waals surface area contributed by atoms with Crippen molar-refractivity contribution in [1.29, 1.82) is 0 Å². The monoisotopic (exact) mass is 336 g/mol. The van der Waals surface area contributed by atoms with E-state index in [1.165, 1.54) is 24.3 Å². The number of halogens is 1. The largest absolute Gasteiger partial charge is 0.322 e. The zero-order chi connectivity index (χ0) is 16.2. The Morgan fingerprint density at radius 2 is 1.86 bits per heavy atom. The Hall–Kier alpha value is -2.15. The molecule has 0 saturated heterocycles. The molecule has 114 valence electrons. The zero-order valence-electron chi connectivity index (χ0n) is 11.4. The molecule has 1 amide bonds. The molecule has 0 aliphatic heterocycles. The second-order valence-electron chi connectivity index (χ2n) is 4.45. The molecular weight excluding hydrogens is 324 g/mol. The van der Waals surface area contributed by atoms with Crippen LogP contribution in [0.5, 0.6) is 0 Å². The van der Waals surface area contributed by atoms with Crippen LogP contribution in [0.15, 0.2) is 59.5 Å². The molecule has 22 heavy (non-hydrogen) atoms. The number of carbonyl (C=O) groups excluding carboxylic acids is 1. The Labute approximate surface area is 133 Å². The van der Waals surface area contributed by atoms with Crippen LogP contribution in [-0.4, -0.2) is 14.3 Å². The lowest BCUT2D eigenvalue weighted by atomic mass is 10.2. The lowest BCUT2D eigenvalue weighted by Crippen LogP contribution is -2.13. The van der Waals surface area contributed by atoms with Gasteiger partial charge in [-0.3, -0.25) is 4.79 Å². The summed E-state index contributed by atoms with van der Waals surface area (Å²) in [4.78, 5) is 11.8. The molecular formula is C15H13ClN2O3S. The number of anilines is 1. The summed E-state index contributed by atoms with van der Waals surface area (Å²) in [7, 11) is -3.81. The summed E-state index contributed by atoms with van der Waals surface area (Å²) < 4.78 is 22.5. The van der Waals surface area contributed by atoms with Crippen molar-refractivity contribution in [3.63, 3.8) is 0 Å². The van der Waals surface area contributed by atoms with Crippen LogP contribution >= 0.6 is 11.6 Å². The van der Waals surface area contributed by atoms with E-state index in [2.05, 4.69) is 5.32 Å². The lowest BCUT2D eigenvalue weighted by Gasteiger charge is -2.04. The van der Waals surface area contributed by atoms with Crippen molar-refractivity contribution in [1.82, 2.24) is 0 Å². The summed E-state index contributed by atoms with van der Waals surface area (Å²) >= 11 is 5.85. The van der Waals surface area contributed by atoms with Crippen LogP contribution in [0.25, 0.3) is 6.08 Å². The molecule has 2 rings (SSSR count). The molecule has 0 aliphatic rings. The molecule has 5 nitrogen and oxygen atoms in total. The van der Waals surface area contributed by atoms with E-state index in [0.717, 1.165) is 5.56 Å². The number of nitrogens with two attached hydrogens (primary N) is 1. The summed E-state index contributed by atoms with van der Waals surface area (Å²) in [6, 6.07) is 12.7. The quantitative estimate of drug-likeness (QED) is 0.841. The topological polar surface area (TPSA) is 89.3 Å². The molecule has 3 N–H and O–H groups in total. The summed E-state index contributed by atoms with van der Waals surface area (Å²) in [5.41, 5.74) is 1.12. The minimum atomic E-state index is -3.81. The Kier molecular flexibility index (Phi) is 4.97. The van der Waals surface area contributed by atoms with Crippen LogP contribution in [0.1, 0.15) is 5.56 Å². The van der Waals surface area contributed by atoms with E-state index in [-0.39, 0.29) is 4.90 Å². The molecule has 7 heteroatoms. The number of benzene rings is 2. The van der Waals surface area contributed by atoms with Crippen molar-refractivity contribution in [2.45, 2.75) is 4.90 Å². The van der Waals surface area contributed by atoms with Crippen molar-refractivity contribution in [2.75, 3.05) is 5.32 Å². The van der Waals surface area contributed by atoms with Crippen LogP contribution in [-0.2, 0) is 14.8 Å². The van der Waals surface area contributed by atoms with Crippen LogP contribution in [0, 0.1) is 0 Å². The number of rotatable bonds is 4. The third-order valence-corrected chi connectivity index (χ3v) is 3.85. The average molecular weight is 337 g/mol. The molecule has 2 aromatic rings. The third-order valence-electron chi connectivity index (χ3n) is 2.71. The highest BCUT2D eigenvalue weighted by Gasteiger charge is 2.08. The van der Waals surface area contributed by atoms with E-state index in [0.29, 0.717) is 10.7 Å². The van der Waals surface area contributed by atoms with Gasteiger partial charge in [-0.2, -0.15) is 0 Å². The van der Waals surface area contributed by atoms with Gasteiger partial charge in [-0.1, -0.05) is 29.8 Å². The number of nitrogens with one attached hydrogen (secondary N) is 1. The maximum atomic E-state index is 11.8. The molecule has 2 aromatic carbocycles. The SMILES string of the molecule is NS(=O)(=O)c1cccc(NC(=O)C=Cc2cccc(Cl)c2)c1. The average Bonchev–Trinajstić information content (AvgIpc) is 2.45. The number of primary sulfonamides is 1. The molecule has 0 radical (unpaired) electrons. The molecule has 0 aromatic heterocycles. The van der Waals surface area contributed by atoms with Crippen LogP contribution in [0.2, 0.25) is 5.02 Å². The predicted octanol–water partition coefficient (Wildman–Crippen LogP) is 2.64. The maximum absolute atomic E-state index is 11.8. The van der Waals surface area contributed by atoms with Gasteiger partial charge in [0.25, 0.3) is 0 Å². The highest BCUT2D eigenvalue weighted by molar-refractivity contribution is 7.89. The van der Waals surface area contributed by atoms with Gasteiger partial charge < -0.3 is 5.32 Å². The van der Waals surface area contributed by atoms with E-state index < -0.39 is 15.9 Å². The summed E-state index contributed by atoms with van der Waals surface area (Å²) in [6.45, 7) is 0. The Morgan fingerprint density at radius 3 is 2.55 bits per heavy atom. The maximum Gasteiger partial charge on any atom is 0.248 e. The first-order valence-electron chi connectivity index (χ1n) is 6.22. The first-order valence-corrected chi connectivity index (χ1v) is 8.14. The Morgan fingerprint density at radius 1 is 1.14 bits per heavy atom. The van der Waals surface area contributed by atoms with E-state index in [4.69, 9.17) is 16.7 Å². The molecule has 0 fully saturated rings. The van der Waals surface area contributed by atoms with Crippen molar-refractivity contribution in [3.8, 4) is 0 Å². The molecule has 0 spiro atoms. The Balaban J connectivity index is 2.09. The number of hydrogen-bond donors (Lipinski definition) is 2. The van der Waals surface area contributed by atoms with Gasteiger partial charge in [-0.15, -0.1) is 0 Å². The van der Waals surface area contributed by atoms with Crippen molar-refractivity contribution >= 4 is 39.3 Å². The number of hydrogen-bond acceptors (Lipinski definition) is 3. The van der Waals surface area contributed by atoms with Gasteiger partial charge >= 0.3 is 0 Å². The number of amides is 1. The number of sulfonamides is 1.